The molecule has 0 bridgehead atoms. The van der Waals surface area contributed by atoms with Crippen LogP contribution in [0.2, 0.25) is 0 Å². The van der Waals surface area contributed by atoms with Crippen LogP contribution in [0, 0.1) is 87.8 Å². The second kappa shape index (κ2) is 26.9. The summed E-state index contributed by atoms with van der Waals surface area (Å²) in [5, 5.41) is 98.9. The van der Waals surface area contributed by atoms with Crippen molar-refractivity contribution in [3.8, 4) is 0 Å². The van der Waals surface area contributed by atoms with Crippen molar-refractivity contribution in [2.75, 3.05) is 21.3 Å². The van der Waals surface area contributed by atoms with Gasteiger partial charge in [0.25, 0.3) is 45.5 Å². The second-order valence-corrected chi connectivity index (χ2v) is 15.6. The molecular formula is C45H34N12O24. The molecule has 0 aliphatic rings. The SMILES string of the molecule is Cc1ccc(NC(=O)OCc2c([N+](=O)[O-])cccc2[N+](=O)[O-])cc1NC(=O)OCc1c([N+](=O)[O-])cccc1[N+](=O)[O-].O=C(Nc1ccc(NC(=O)OCc2c([N+](=O)[O-])cccc2[N+](=O)[O-])cc1)OCc1c([N+](=O)[O-])cccc1[N+](=O)[O-]. The number of nitro benzene ring substituents is 8. The highest BCUT2D eigenvalue weighted by atomic mass is 16.7. The van der Waals surface area contributed by atoms with E-state index in [1.807, 2.05) is 0 Å². The van der Waals surface area contributed by atoms with Crippen LogP contribution in [0.15, 0.2) is 115 Å². The summed E-state index contributed by atoms with van der Waals surface area (Å²) in [6.07, 6.45) is -4.42. The lowest BCUT2D eigenvalue weighted by molar-refractivity contribution is -0.396. The maximum atomic E-state index is 12.4. The van der Waals surface area contributed by atoms with Crippen molar-refractivity contribution in [2.24, 2.45) is 0 Å². The number of hydrogen-bond donors (Lipinski definition) is 4. The first-order valence-corrected chi connectivity index (χ1v) is 21.9. The third kappa shape index (κ3) is 16.1. The number of nitro groups is 8. The van der Waals surface area contributed by atoms with E-state index >= 15 is 0 Å². The highest BCUT2D eigenvalue weighted by Crippen LogP contribution is 2.33. The Hall–Kier alpha value is -12.4. The van der Waals surface area contributed by atoms with Crippen LogP contribution in [0.5, 0.6) is 0 Å². The monoisotopic (exact) mass is 1130 g/mol. The number of carbonyl (C=O) groups excluding carboxylic acids is 4. The third-order valence-electron chi connectivity index (χ3n) is 10.6. The molecule has 0 spiro atoms. The van der Waals surface area contributed by atoms with Crippen LogP contribution in [-0.4, -0.2) is 63.8 Å². The molecule has 0 fully saturated rings. The molecule has 0 aromatic heterocycles. The van der Waals surface area contributed by atoms with Crippen molar-refractivity contribution in [1.29, 1.82) is 0 Å². The van der Waals surface area contributed by atoms with Crippen LogP contribution in [0.3, 0.4) is 0 Å². The molecule has 6 rings (SSSR count). The zero-order valence-corrected chi connectivity index (χ0v) is 40.7. The largest absolute Gasteiger partial charge is 0.444 e. The van der Waals surface area contributed by atoms with Crippen LogP contribution >= 0.6 is 0 Å². The van der Waals surface area contributed by atoms with Gasteiger partial charge in [-0.3, -0.25) is 102 Å². The highest BCUT2D eigenvalue weighted by Gasteiger charge is 2.30. The van der Waals surface area contributed by atoms with Gasteiger partial charge in [-0.15, -0.1) is 0 Å². The summed E-state index contributed by atoms with van der Waals surface area (Å²) in [4.78, 5) is 132. The van der Waals surface area contributed by atoms with Gasteiger partial charge < -0.3 is 18.9 Å². The minimum absolute atomic E-state index is 0.0716. The van der Waals surface area contributed by atoms with Crippen LogP contribution in [-0.2, 0) is 45.4 Å². The molecule has 81 heavy (non-hydrogen) atoms. The lowest BCUT2D eigenvalue weighted by Crippen LogP contribution is -2.17. The Labute approximate surface area is 448 Å². The molecule has 0 radical (unpaired) electrons. The predicted octanol–water partition coefficient (Wildman–Crippen LogP) is 9.94. The molecule has 4 N–H and O–H groups in total. The summed E-state index contributed by atoms with van der Waals surface area (Å²) in [5.41, 5.74) is -5.54. The van der Waals surface area contributed by atoms with E-state index in [2.05, 4.69) is 21.3 Å². The smallest absolute Gasteiger partial charge is 0.411 e. The average Bonchev–Trinajstić information content (AvgIpc) is 3.42. The number of nitrogens with one attached hydrogen (secondary N) is 4. The minimum atomic E-state index is -1.13. The van der Waals surface area contributed by atoms with Gasteiger partial charge in [-0.05, 0) is 73.2 Å². The van der Waals surface area contributed by atoms with Gasteiger partial charge in [0.2, 0.25) is 0 Å². The Morgan fingerprint density at radius 2 is 0.543 bits per heavy atom. The van der Waals surface area contributed by atoms with E-state index < -0.39 is 158 Å². The van der Waals surface area contributed by atoms with Crippen molar-refractivity contribution in [2.45, 2.75) is 33.4 Å². The predicted molar refractivity (Wildman–Crippen MR) is 272 cm³/mol. The number of nitrogens with zero attached hydrogens (tertiary/aromatic N) is 8. The number of benzene rings is 6. The fourth-order valence-corrected chi connectivity index (χ4v) is 6.84. The number of carbonyl (C=O) groups is 4. The molecule has 0 saturated heterocycles. The van der Waals surface area contributed by atoms with Gasteiger partial charge in [0.05, 0.1) is 39.4 Å². The molecule has 6 aromatic rings. The molecular weight excluding hydrogens is 1090 g/mol. The first-order valence-electron chi connectivity index (χ1n) is 21.9. The lowest BCUT2D eigenvalue weighted by Gasteiger charge is -2.12. The minimum Gasteiger partial charge on any atom is -0.444 e. The fraction of sp³-hybridized carbons (Fsp3) is 0.111. The van der Waals surface area contributed by atoms with E-state index in [-0.39, 0.29) is 22.7 Å². The van der Waals surface area contributed by atoms with E-state index in [9.17, 15) is 100 Å². The van der Waals surface area contributed by atoms with Crippen molar-refractivity contribution < 1.29 is 77.5 Å². The summed E-state index contributed by atoms with van der Waals surface area (Å²) < 4.78 is 19.7. The Morgan fingerprint density at radius 3 is 0.778 bits per heavy atom. The maximum absolute atomic E-state index is 12.4. The van der Waals surface area contributed by atoms with Crippen molar-refractivity contribution in [3.05, 3.63) is 224 Å². The number of amides is 4. The number of rotatable bonds is 20. The summed E-state index contributed by atoms with van der Waals surface area (Å²) in [7, 11) is 0. The number of hydrogen-bond acceptors (Lipinski definition) is 24. The Bertz CT molecular complexity index is 3300. The molecule has 0 aliphatic carbocycles. The number of aryl methyl sites for hydroxylation is 1. The molecule has 0 saturated carbocycles. The van der Waals surface area contributed by atoms with Gasteiger partial charge in [0.15, 0.2) is 0 Å². The standard InChI is InChI=1S/C23H18N6O12.C22H16N6O12/c1-13-8-9-14(24-22(30)40-11-15-18(26(32)33)4-2-5-19(15)27(34)35)10-17(13)25-23(31)41-12-16-20(28(36)37)6-3-7-21(16)29(38)39;29-21(39-11-15-17(25(31)32)3-1-4-18(15)26(33)34)23-13-7-9-14(10-8-13)24-22(30)40-12-16-19(27(35)36)5-2-6-20(16)28(37)38/h2-10H,11-12H2,1H3,(H,24,30)(H,25,31);1-10H,11-12H2,(H,23,29)(H,24,30). The molecule has 0 aliphatic heterocycles. The van der Waals surface area contributed by atoms with Gasteiger partial charge >= 0.3 is 24.4 Å². The van der Waals surface area contributed by atoms with E-state index in [0.717, 1.165) is 72.8 Å². The first kappa shape index (κ1) is 59.5. The van der Waals surface area contributed by atoms with E-state index in [0.29, 0.717) is 5.56 Å². The second-order valence-electron chi connectivity index (χ2n) is 15.6. The summed E-state index contributed by atoms with van der Waals surface area (Å²) in [6, 6.07) is 22.1. The van der Waals surface area contributed by atoms with Gasteiger partial charge in [0, 0.05) is 71.3 Å². The van der Waals surface area contributed by atoms with Gasteiger partial charge in [-0.25, -0.2) is 19.2 Å². The van der Waals surface area contributed by atoms with Crippen LogP contribution in [0.1, 0.15) is 27.8 Å². The topological polar surface area (TPSA) is 498 Å². The van der Waals surface area contributed by atoms with Crippen molar-refractivity contribution in [3.63, 3.8) is 0 Å². The number of ether oxygens (including phenoxy) is 4. The summed E-state index contributed by atoms with van der Waals surface area (Å²) in [5.74, 6) is 0. The van der Waals surface area contributed by atoms with Gasteiger partial charge in [-0.1, -0.05) is 6.07 Å². The lowest BCUT2D eigenvalue weighted by atomic mass is 10.1. The zero-order chi connectivity index (χ0) is 59.7. The quantitative estimate of drug-likeness (QED) is 0.0313. The maximum Gasteiger partial charge on any atom is 0.411 e. The Balaban J connectivity index is 0.000000297. The van der Waals surface area contributed by atoms with E-state index in [4.69, 9.17) is 18.9 Å². The molecule has 4 amide bonds. The molecule has 0 heterocycles. The van der Waals surface area contributed by atoms with Crippen LogP contribution < -0.4 is 21.3 Å². The fourth-order valence-electron chi connectivity index (χ4n) is 6.84. The summed E-state index contributed by atoms with van der Waals surface area (Å²) >= 11 is 0. The molecule has 418 valence electrons. The Kier molecular flexibility index (Phi) is 19.7. The zero-order valence-electron chi connectivity index (χ0n) is 40.7. The van der Waals surface area contributed by atoms with Crippen molar-refractivity contribution in [1.82, 2.24) is 0 Å². The van der Waals surface area contributed by atoms with Crippen LogP contribution in [0.4, 0.5) is 87.4 Å². The number of anilines is 4. The molecule has 6 aromatic carbocycles. The molecule has 36 nitrogen and oxygen atoms in total. The Morgan fingerprint density at radius 1 is 0.333 bits per heavy atom. The molecule has 0 atom stereocenters. The first-order chi connectivity index (χ1) is 38.4. The molecule has 36 heteroatoms. The highest BCUT2D eigenvalue weighted by molar-refractivity contribution is 5.90. The third-order valence-corrected chi connectivity index (χ3v) is 10.6. The van der Waals surface area contributed by atoms with Crippen LogP contribution in [0.25, 0.3) is 0 Å². The average molecular weight is 1130 g/mol. The van der Waals surface area contributed by atoms with E-state index in [1.165, 1.54) is 42.5 Å². The molecule has 0 unspecified atom stereocenters. The van der Waals surface area contributed by atoms with Gasteiger partial charge in [-0.2, -0.15) is 0 Å². The van der Waals surface area contributed by atoms with Crippen molar-refractivity contribution >= 4 is 92.6 Å². The van der Waals surface area contributed by atoms with Gasteiger partial charge in [0.1, 0.15) is 48.7 Å². The normalized spacial score (nSPS) is 10.2. The summed E-state index contributed by atoms with van der Waals surface area (Å²) in [6.45, 7) is -1.52. The van der Waals surface area contributed by atoms with E-state index in [1.54, 1.807) is 6.92 Å².